The fourth-order valence-electron chi connectivity index (χ4n) is 2.90. The van der Waals surface area contributed by atoms with Crippen molar-refractivity contribution in [2.45, 2.75) is 32.2 Å². The van der Waals surface area contributed by atoms with Gasteiger partial charge in [-0.05, 0) is 25.8 Å². The maximum atomic E-state index is 12.8. The second-order valence-electron chi connectivity index (χ2n) is 6.58. The molecule has 2 rings (SSSR count). The number of imide groups is 1. The molecule has 0 radical (unpaired) electrons. The number of allylic oxidation sites excluding steroid dienone is 2. The molecule has 1 unspecified atom stereocenters. The number of hydrogen-bond donors (Lipinski definition) is 0. The lowest BCUT2D eigenvalue weighted by molar-refractivity contribution is -0.151. The van der Waals surface area contributed by atoms with E-state index >= 15 is 0 Å². The Morgan fingerprint density at radius 1 is 1.28 bits per heavy atom. The Morgan fingerprint density at radius 3 is 2.48 bits per heavy atom. The molecule has 0 bridgehead atoms. The molecule has 0 spiro atoms. The van der Waals surface area contributed by atoms with Crippen LogP contribution in [0, 0.1) is 0 Å². The molecule has 1 fully saturated rings. The lowest BCUT2D eigenvalue weighted by Gasteiger charge is -2.35. The van der Waals surface area contributed by atoms with Gasteiger partial charge in [-0.2, -0.15) is 0 Å². The number of carbonyl (C=O) groups excluding carboxylic acids is 4. The van der Waals surface area contributed by atoms with Crippen molar-refractivity contribution in [1.82, 2.24) is 9.80 Å². The van der Waals surface area contributed by atoms with Crippen molar-refractivity contribution in [1.29, 1.82) is 0 Å². The molecule has 0 N–H and O–H groups in total. The molecule has 6 nitrogen and oxygen atoms in total. The second kappa shape index (κ2) is 11.5. The minimum Gasteiger partial charge on any atom is -0.330 e. The van der Waals surface area contributed by atoms with Gasteiger partial charge in [-0.15, -0.1) is 6.58 Å². The zero-order chi connectivity index (χ0) is 22.0. The fraction of sp³-hybridized carbons (Fsp3) is 0.304. The average molecular weight is 396 g/mol. The van der Waals surface area contributed by atoms with Gasteiger partial charge in [0.2, 0.25) is 5.91 Å². The molecule has 1 aliphatic heterocycles. The van der Waals surface area contributed by atoms with Gasteiger partial charge in [0.1, 0.15) is 6.04 Å². The van der Waals surface area contributed by atoms with Crippen LogP contribution in [-0.2, 0) is 9.59 Å². The molecule has 0 aliphatic carbocycles. The van der Waals surface area contributed by atoms with Gasteiger partial charge in [-0.25, -0.2) is 0 Å². The summed E-state index contributed by atoms with van der Waals surface area (Å²) in [7, 11) is 1.52. The molecule has 0 saturated carbocycles. The smallest absolute Gasteiger partial charge is 0.255 e. The third-order valence-corrected chi connectivity index (χ3v) is 4.54. The third-order valence-electron chi connectivity index (χ3n) is 4.54. The van der Waals surface area contributed by atoms with Crippen LogP contribution in [-0.4, -0.2) is 53.4 Å². The Labute approximate surface area is 172 Å². The predicted molar refractivity (Wildman–Crippen MR) is 113 cm³/mol. The molecule has 1 aliphatic rings. The van der Waals surface area contributed by atoms with E-state index in [-0.39, 0.29) is 36.4 Å². The fourth-order valence-corrected chi connectivity index (χ4v) is 2.90. The summed E-state index contributed by atoms with van der Waals surface area (Å²) < 4.78 is 0. The number of rotatable bonds is 7. The molecule has 1 aromatic carbocycles. The highest BCUT2D eigenvalue weighted by Crippen LogP contribution is 2.21. The molecule has 29 heavy (non-hydrogen) atoms. The van der Waals surface area contributed by atoms with E-state index in [1.54, 1.807) is 36.4 Å². The van der Waals surface area contributed by atoms with Crippen LogP contribution in [0.4, 0.5) is 0 Å². The number of likely N-dealkylation sites (N-methyl/N-ethyl adjacent to an activating group) is 1. The second-order valence-corrected chi connectivity index (χ2v) is 6.58. The number of piperidine rings is 1. The highest BCUT2D eigenvalue weighted by Gasteiger charge is 2.38. The first-order chi connectivity index (χ1) is 13.8. The molecule has 1 heterocycles. The normalized spacial score (nSPS) is 15.7. The van der Waals surface area contributed by atoms with Gasteiger partial charge in [0.15, 0.2) is 6.29 Å². The number of hydrogen-bond acceptors (Lipinski definition) is 4. The number of likely N-dealkylation sites (tertiary alicyclic amines) is 1. The van der Waals surface area contributed by atoms with E-state index in [1.807, 2.05) is 6.92 Å². The van der Waals surface area contributed by atoms with Gasteiger partial charge in [-0.1, -0.05) is 49.1 Å². The van der Waals surface area contributed by atoms with Crippen molar-refractivity contribution < 1.29 is 19.2 Å². The van der Waals surface area contributed by atoms with E-state index in [2.05, 4.69) is 19.7 Å². The number of benzene rings is 1. The van der Waals surface area contributed by atoms with E-state index in [0.29, 0.717) is 12.7 Å². The Balaban J connectivity index is 0.00000132. The van der Waals surface area contributed by atoms with E-state index < -0.39 is 17.9 Å². The largest absolute Gasteiger partial charge is 0.330 e. The van der Waals surface area contributed by atoms with Gasteiger partial charge >= 0.3 is 0 Å². The summed E-state index contributed by atoms with van der Waals surface area (Å²) in [6.45, 7) is 12.9. The van der Waals surface area contributed by atoms with Crippen molar-refractivity contribution >= 4 is 24.0 Å². The van der Waals surface area contributed by atoms with Gasteiger partial charge in [0, 0.05) is 25.6 Å². The van der Waals surface area contributed by atoms with Crippen LogP contribution in [0.1, 0.15) is 46.9 Å². The first-order valence-corrected chi connectivity index (χ1v) is 9.35. The lowest BCUT2D eigenvalue weighted by Crippen LogP contribution is -2.55. The molecular weight excluding hydrogens is 368 g/mol. The third kappa shape index (κ3) is 6.10. The van der Waals surface area contributed by atoms with Crippen molar-refractivity contribution in [3.8, 4) is 0 Å². The Hall–Kier alpha value is -3.28. The minimum absolute atomic E-state index is 0.184. The summed E-state index contributed by atoms with van der Waals surface area (Å²) in [5.41, 5.74) is 1.24. The maximum Gasteiger partial charge on any atom is 0.255 e. The first-order valence-electron chi connectivity index (χ1n) is 9.35. The molecule has 3 amide bonds. The van der Waals surface area contributed by atoms with E-state index in [9.17, 15) is 19.2 Å². The Kier molecular flexibility index (Phi) is 9.45. The first kappa shape index (κ1) is 23.8. The highest BCUT2D eigenvalue weighted by molar-refractivity contribution is 6.06. The quantitative estimate of drug-likeness (QED) is 0.306. The van der Waals surface area contributed by atoms with Crippen molar-refractivity contribution in [3.05, 3.63) is 72.9 Å². The van der Waals surface area contributed by atoms with E-state index in [0.717, 1.165) is 5.57 Å². The molecule has 1 saturated heterocycles. The zero-order valence-corrected chi connectivity index (χ0v) is 17.1. The lowest BCUT2D eigenvalue weighted by atomic mass is 10.00. The van der Waals surface area contributed by atoms with Crippen molar-refractivity contribution in [3.63, 3.8) is 0 Å². The summed E-state index contributed by atoms with van der Waals surface area (Å²) in [5.74, 6) is -1.08. The highest BCUT2D eigenvalue weighted by atomic mass is 16.2. The predicted octanol–water partition coefficient (Wildman–Crippen LogP) is 3.41. The SMILES string of the molecule is C=CC.C=CC(=C)CCN1C(=O)CCC(N(C)C(=O)c2ccccc2C=O)C1=O. The number of aldehydes is 1. The number of nitrogens with zero attached hydrogens (tertiary/aromatic N) is 2. The van der Waals surface area contributed by atoms with Crippen LogP contribution in [0.25, 0.3) is 0 Å². The van der Waals surface area contributed by atoms with Gasteiger partial charge in [0.25, 0.3) is 11.8 Å². The number of amides is 3. The van der Waals surface area contributed by atoms with Crippen LogP contribution >= 0.6 is 0 Å². The molecule has 0 aromatic heterocycles. The van der Waals surface area contributed by atoms with Crippen LogP contribution in [0.3, 0.4) is 0 Å². The molecule has 1 atom stereocenters. The van der Waals surface area contributed by atoms with Crippen LogP contribution in [0.2, 0.25) is 0 Å². The van der Waals surface area contributed by atoms with Crippen molar-refractivity contribution in [2.75, 3.05) is 13.6 Å². The zero-order valence-electron chi connectivity index (χ0n) is 17.1. The monoisotopic (exact) mass is 396 g/mol. The Bertz CT molecular complexity index is 813. The molecule has 154 valence electrons. The summed E-state index contributed by atoms with van der Waals surface area (Å²) in [4.78, 5) is 51.3. The molecule has 1 aromatic rings. The summed E-state index contributed by atoms with van der Waals surface area (Å²) >= 11 is 0. The van der Waals surface area contributed by atoms with Crippen LogP contribution in [0.15, 0.2) is 61.7 Å². The molecular formula is C23H28N2O4. The maximum absolute atomic E-state index is 12.8. The summed E-state index contributed by atoms with van der Waals surface area (Å²) in [6.07, 6.45) is 4.84. The topological polar surface area (TPSA) is 74.8 Å². The van der Waals surface area contributed by atoms with Crippen LogP contribution in [0.5, 0.6) is 0 Å². The Morgan fingerprint density at radius 2 is 1.90 bits per heavy atom. The molecule has 6 heteroatoms. The van der Waals surface area contributed by atoms with Crippen LogP contribution < -0.4 is 0 Å². The van der Waals surface area contributed by atoms with E-state index in [4.69, 9.17) is 0 Å². The van der Waals surface area contributed by atoms with Gasteiger partial charge < -0.3 is 4.90 Å². The van der Waals surface area contributed by atoms with Gasteiger partial charge in [-0.3, -0.25) is 24.1 Å². The van der Waals surface area contributed by atoms with E-state index in [1.165, 1.54) is 16.8 Å². The number of carbonyl (C=O) groups is 4. The van der Waals surface area contributed by atoms with Gasteiger partial charge in [0.05, 0.1) is 5.56 Å². The summed E-state index contributed by atoms with van der Waals surface area (Å²) in [6, 6.07) is 5.68. The average Bonchev–Trinajstić information content (AvgIpc) is 2.73. The summed E-state index contributed by atoms with van der Waals surface area (Å²) in [5, 5.41) is 0. The minimum atomic E-state index is -0.739. The standard InChI is InChI=1S/C20H22N2O4.C3H6/c1-4-14(2)11-12-22-18(24)10-9-17(20(22)26)21(3)19(25)16-8-6-5-7-15(16)13-23;1-3-2/h4-8,13,17H,1-2,9-12H2,3H3;3H,1H2,2H3. The van der Waals surface area contributed by atoms with Crippen molar-refractivity contribution in [2.24, 2.45) is 0 Å².